The summed E-state index contributed by atoms with van der Waals surface area (Å²) >= 11 is 12.0. The highest BCUT2D eigenvalue weighted by atomic mass is 35.5. The van der Waals surface area contributed by atoms with Crippen molar-refractivity contribution in [2.45, 2.75) is 13.5 Å². The molecule has 170 valence electrons. The zero-order valence-corrected chi connectivity index (χ0v) is 19.2. The van der Waals surface area contributed by atoms with Crippen LogP contribution in [-0.4, -0.2) is 24.6 Å². The molecular formula is C24H21Cl2N3O4. The molecular weight excluding hydrogens is 465 g/mol. The van der Waals surface area contributed by atoms with E-state index in [4.69, 9.17) is 32.7 Å². The fourth-order valence-electron chi connectivity index (χ4n) is 2.70. The molecule has 33 heavy (non-hydrogen) atoms. The van der Waals surface area contributed by atoms with Crippen LogP contribution in [0.3, 0.4) is 0 Å². The van der Waals surface area contributed by atoms with Crippen molar-refractivity contribution in [3.05, 3.63) is 87.9 Å². The van der Waals surface area contributed by atoms with Crippen LogP contribution in [0.15, 0.2) is 71.8 Å². The Morgan fingerprint density at radius 1 is 0.970 bits per heavy atom. The van der Waals surface area contributed by atoms with Gasteiger partial charge in [-0.25, -0.2) is 5.43 Å². The van der Waals surface area contributed by atoms with E-state index in [0.29, 0.717) is 46.0 Å². The van der Waals surface area contributed by atoms with Crippen molar-refractivity contribution in [3.8, 4) is 11.5 Å². The summed E-state index contributed by atoms with van der Waals surface area (Å²) in [4.78, 5) is 24.1. The first-order valence-electron chi connectivity index (χ1n) is 9.99. The molecule has 3 aromatic rings. The Morgan fingerprint density at radius 3 is 2.45 bits per heavy atom. The van der Waals surface area contributed by atoms with Crippen LogP contribution in [0.1, 0.15) is 18.1 Å². The number of amides is 2. The summed E-state index contributed by atoms with van der Waals surface area (Å²) < 4.78 is 11.1. The van der Waals surface area contributed by atoms with Crippen molar-refractivity contribution in [1.82, 2.24) is 5.43 Å². The number of hydrogen-bond donors (Lipinski definition) is 2. The Kier molecular flexibility index (Phi) is 8.69. The van der Waals surface area contributed by atoms with Crippen LogP contribution in [0, 0.1) is 0 Å². The summed E-state index contributed by atoms with van der Waals surface area (Å²) in [6, 6.07) is 19.1. The Hall–Kier alpha value is -3.55. The highest BCUT2D eigenvalue weighted by Crippen LogP contribution is 2.24. The van der Waals surface area contributed by atoms with E-state index in [1.807, 2.05) is 6.92 Å². The van der Waals surface area contributed by atoms with Crippen LogP contribution in [0.4, 0.5) is 5.69 Å². The van der Waals surface area contributed by atoms with Crippen LogP contribution in [0.2, 0.25) is 10.0 Å². The van der Waals surface area contributed by atoms with Crippen molar-refractivity contribution in [2.75, 3.05) is 11.9 Å². The van der Waals surface area contributed by atoms with Crippen molar-refractivity contribution in [2.24, 2.45) is 5.10 Å². The summed E-state index contributed by atoms with van der Waals surface area (Å²) in [5.41, 5.74) is 4.12. The first-order chi connectivity index (χ1) is 16.0. The Morgan fingerprint density at radius 2 is 1.73 bits per heavy atom. The number of para-hydroxylation sites is 2. The zero-order chi connectivity index (χ0) is 23.6. The number of hydrazone groups is 1. The van der Waals surface area contributed by atoms with E-state index in [-0.39, 0.29) is 0 Å². The summed E-state index contributed by atoms with van der Waals surface area (Å²) in [5.74, 6) is -0.652. The van der Waals surface area contributed by atoms with Crippen LogP contribution in [0.25, 0.3) is 0 Å². The average molecular weight is 486 g/mol. The second kappa shape index (κ2) is 11.9. The summed E-state index contributed by atoms with van der Waals surface area (Å²) in [5, 5.41) is 7.42. The van der Waals surface area contributed by atoms with Gasteiger partial charge in [-0.2, -0.15) is 5.10 Å². The molecule has 0 heterocycles. The molecule has 0 aliphatic carbocycles. The molecule has 2 N–H and O–H groups in total. The number of benzene rings is 3. The number of hydrogen-bond acceptors (Lipinski definition) is 5. The van der Waals surface area contributed by atoms with Gasteiger partial charge in [-0.05, 0) is 61.0 Å². The average Bonchev–Trinajstić information content (AvgIpc) is 2.80. The molecule has 3 aromatic carbocycles. The number of anilines is 1. The third-order valence-corrected chi connectivity index (χ3v) is 4.90. The summed E-state index contributed by atoms with van der Waals surface area (Å²) in [7, 11) is 0. The third-order valence-electron chi connectivity index (χ3n) is 4.31. The van der Waals surface area contributed by atoms with Gasteiger partial charge < -0.3 is 14.8 Å². The molecule has 0 aliphatic heterocycles. The number of rotatable bonds is 8. The standard InChI is InChI=1S/C24H21Cl2N3O4/c1-2-32-22-6-4-3-5-21(22)28-23(30)24(31)29-27-14-16-7-11-19(12-8-16)33-15-17-9-10-18(25)13-20(17)26/h3-14H,2,15H2,1H3,(H,28,30)(H,29,31)/b27-14-. The minimum absolute atomic E-state index is 0.293. The largest absolute Gasteiger partial charge is 0.492 e. The lowest BCUT2D eigenvalue weighted by Gasteiger charge is -2.10. The minimum atomic E-state index is -0.905. The number of nitrogens with one attached hydrogen (secondary N) is 2. The van der Waals surface area contributed by atoms with Crippen LogP contribution in [0.5, 0.6) is 11.5 Å². The second-order valence-corrected chi connectivity index (χ2v) is 7.52. The molecule has 0 fully saturated rings. The van der Waals surface area contributed by atoms with E-state index in [2.05, 4.69) is 15.8 Å². The van der Waals surface area contributed by atoms with Gasteiger partial charge in [-0.1, -0.05) is 41.4 Å². The molecule has 3 rings (SSSR count). The summed E-state index contributed by atoms with van der Waals surface area (Å²) in [6.07, 6.45) is 1.42. The zero-order valence-electron chi connectivity index (χ0n) is 17.7. The molecule has 7 nitrogen and oxygen atoms in total. The molecule has 0 saturated heterocycles. The van der Waals surface area contributed by atoms with Crippen LogP contribution in [-0.2, 0) is 16.2 Å². The fraction of sp³-hybridized carbons (Fsp3) is 0.125. The van der Waals surface area contributed by atoms with Crippen LogP contribution < -0.4 is 20.2 Å². The molecule has 0 radical (unpaired) electrons. The molecule has 0 bridgehead atoms. The topological polar surface area (TPSA) is 89.0 Å². The van der Waals surface area contributed by atoms with E-state index in [1.54, 1.807) is 66.7 Å². The monoisotopic (exact) mass is 485 g/mol. The molecule has 0 atom stereocenters. The molecule has 9 heteroatoms. The lowest BCUT2D eigenvalue weighted by atomic mass is 10.2. The maximum atomic E-state index is 12.1. The fourth-order valence-corrected chi connectivity index (χ4v) is 3.16. The summed E-state index contributed by atoms with van der Waals surface area (Å²) in [6.45, 7) is 2.55. The van der Waals surface area contributed by atoms with Crippen molar-refractivity contribution in [3.63, 3.8) is 0 Å². The molecule has 0 aromatic heterocycles. The van der Waals surface area contributed by atoms with Gasteiger partial charge in [0, 0.05) is 15.6 Å². The highest BCUT2D eigenvalue weighted by Gasteiger charge is 2.15. The molecule has 0 saturated carbocycles. The van der Waals surface area contributed by atoms with Gasteiger partial charge in [0.2, 0.25) is 0 Å². The van der Waals surface area contributed by atoms with E-state index >= 15 is 0 Å². The van der Waals surface area contributed by atoms with E-state index in [9.17, 15) is 9.59 Å². The number of halogens is 2. The number of carbonyl (C=O) groups excluding carboxylic acids is 2. The number of nitrogens with zero attached hydrogens (tertiary/aromatic N) is 1. The van der Waals surface area contributed by atoms with E-state index in [1.165, 1.54) is 6.21 Å². The van der Waals surface area contributed by atoms with Crippen molar-refractivity contribution >= 4 is 46.9 Å². The highest BCUT2D eigenvalue weighted by molar-refractivity contribution is 6.39. The van der Waals surface area contributed by atoms with Gasteiger partial charge in [0.05, 0.1) is 18.5 Å². The second-order valence-electron chi connectivity index (χ2n) is 6.68. The Balaban J connectivity index is 1.49. The molecule has 0 unspecified atom stereocenters. The van der Waals surface area contributed by atoms with Gasteiger partial charge in [0.25, 0.3) is 0 Å². The number of ether oxygens (including phenoxy) is 2. The molecule has 0 aliphatic rings. The first-order valence-corrected chi connectivity index (χ1v) is 10.7. The first kappa shape index (κ1) is 24.1. The maximum absolute atomic E-state index is 12.1. The van der Waals surface area contributed by atoms with Crippen molar-refractivity contribution in [1.29, 1.82) is 0 Å². The smallest absolute Gasteiger partial charge is 0.329 e. The van der Waals surface area contributed by atoms with Gasteiger partial charge >= 0.3 is 11.8 Å². The SMILES string of the molecule is CCOc1ccccc1NC(=O)C(=O)N/N=C\c1ccc(OCc2ccc(Cl)cc2Cl)cc1. The van der Waals surface area contributed by atoms with Gasteiger partial charge in [-0.3, -0.25) is 9.59 Å². The number of carbonyl (C=O) groups is 2. The lowest BCUT2D eigenvalue weighted by molar-refractivity contribution is -0.136. The maximum Gasteiger partial charge on any atom is 0.329 e. The van der Waals surface area contributed by atoms with Crippen molar-refractivity contribution < 1.29 is 19.1 Å². The van der Waals surface area contributed by atoms with E-state index in [0.717, 1.165) is 5.56 Å². The Labute approximate surface area is 201 Å². The van der Waals surface area contributed by atoms with E-state index < -0.39 is 11.8 Å². The predicted octanol–water partition coefficient (Wildman–Crippen LogP) is 5.06. The Bertz CT molecular complexity index is 1150. The minimum Gasteiger partial charge on any atom is -0.492 e. The van der Waals surface area contributed by atoms with Gasteiger partial charge in [-0.15, -0.1) is 0 Å². The normalized spacial score (nSPS) is 10.6. The van der Waals surface area contributed by atoms with Gasteiger partial charge in [0.1, 0.15) is 18.1 Å². The molecule has 2 amide bonds. The predicted molar refractivity (Wildman–Crippen MR) is 129 cm³/mol. The molecule has 0 spiro atoms. The van der Waals surface area contributed by atoms with Gasteiger partial charge in [0.15, 0.2) is 0 Å². The van der Waals surface area contributed by atoms with Crippen LogP contribution >= 0.6 is 23.2 Å². The lowest BCUT2D eigenvalue weighted by Crippen LogP contribution is -2.32. The quantitative estimate of drug-likeness (QED) is 0.265. The third kappa shape index (κ3) is 7.24.